The highest BCUT2D eigenvalue weighted by molar-refractivity contribution is 14.0. The first-order chi connectivity index (χ1) is 12.5. The SMILES string of the molecule is CCNC(=NCC(C)(C)NS(C)(=O)=O)NCC(C(C)C)N1CCCCCC1.I. The third kappa shape index (κ3) is 11.8. The van der Waals surface area contributed by atoms with Crippen molar-refractivity contribution in [2.75, 3.05) is 39.0 Å². The van der Waals surface area contributed by atoms with Crippen LogP contribution in [0, 0.1) is 5.92 Å². The predicted molar refractivity (Wildman–Crippen MR) is 130 cm³/mol. The van der Waals surface area contributed by atoms with E-state index in [1.807, 2.05) is 20.8 Å². The molecule has 1 rings (SSSR count). The molecule has 28 heavy (non-hydrogen) atoms. The second-order valence-electron chi connectivity index (χ2n) is 8.60. The van der Waals surface area contributed by atoms with Crippen molar-refractivity contribution in [3.05, 3.63) is 0 Å². The van der Waals surface area contributed by atoms with Crippen molar-refractivity contribution in [3.63, 3.8) is 0 Å². The molecule has 9 heteroatoms. The summed E-state index contributed by atoms with van der Waals surface area (Å²) in [7, 11) is -3.26. The molecular weight excluding hydrogens is 489 g/mol. The summed E-state index contributed by atoms with van der Waals surface area (Å²) in [5.74, 6) is 1.29. The Labute approximate surface area is 190 Å². The summed E-state index contributed by atoms with van der Waals surface area (Å²) < 4.78 is 25.7. The number of rotatable bonds is 9. The summed E-state index contributed by atoms with van der Waals surface area (Å²) in [6.07, 6.45) is 6.41. The van der Waals surface area contributed by atoms with E-state index in [-0.39, 0.29) is 24.0 Å². The van der Waals surface area contributed by atoms with E-state index in [1.54, 1.807) is 0 Å². The lowest BCUT2D eigenvalue weighted by atomic mass is 10.0. The molecule has 0 saturated carbocycles. The minimum Gasteiger partial charge on any atom is -0.357 e. The normalized spacial score (nSPS) is 18.3. The van der Waals surface area contributed by atoms with E-state index in [1.165, 1.54) is 45.0 Å². The monoisotopic (exact) mass is 531 g/mol. The molecule has 1 heterocycles. The van der Waals surface area contributed by atoms with Crippen molar-refractivity contribution >= 4 is 40.0 Å². The van der Waals surface area contributed by atoms with E-state index >= 15 is 0 Å². The van der Waals surface area contributed by atoms with Crippen molar-refractivity contribution in [1.29, 1.82) is 0 Å². The number of hydrogen-bond donors (Lipinski definition) is 3. The molecule has 0 aromatic carbocycles. The van der Waals surface area contributed by atoms with Gasteiger partial charge in [-0.15, -0.1) is 24.0 Å². The Bertz CT molecular complexity index is 559. The van der Waals surface area contributed by atoms with Crippen LogP contribution in [-0.2, 0) is 10.0 Å². The number of guanidine groups is 1. The van der Waals surface area contributed by atoms with Crippen LogP contribution in [-0.4, -0.2) is 69.8 Å². The zero-order valence-electron chi connectivity index (χ0n) is 18.5. The average molecular weight is 532 g/mol. The molecule has 0 spiro atoms. The molecule has 3 N–H and O–H groups in total. The first-order valence-corrected chi connectivity index (χ1v) is 12.2. The largest absolute Gasteiger partial charge is 0.357 e. The van der Waals surface area contributed by atoms with Crippen molar-refractivity contribution in [3.8, 4) is 0 Å². The van der Waals surface area contributed by atoms with Gasteiger partial charge in [-0.2, -0.15) is 0 Å². The van der Waals surface area contributed by atoms with Crippen molar-refractivity contribution in [2.45, 2.75) is 71.9 Å². The molecule has 0 aromatic heterocycles. The quantitative estimate of drug-likeness (QED) is 0.242. The summed E-state index contributed by atoms with van der Waals surface area (Å²) >= 11 is 0. The van der Waals surface area contributed by atoms with Crippen LogP contribution in [0.25, 0.3) is 0 Å². The maximum absolute atomic E-state index is 11.5. The first-order valence-electron chi connectivity index (χ1n) is 10.3. The van der Waals surface area contributed by atoms with Gasteiger partial charge >= 0.3 is 0 Å². The number of nitrogens with one attached hydrogen (secondary N) is 3. The number of aliphatic imine (C=N–C) groups is 1. The van der Waals surface area contributed by atoms with Gasteiger partial charge in [-0.25, -0.2) is 13.1 Å². The topological polar surface area (TPSA) is 85.8 Å². The molecule has 1 aliphatic rings. The highest BCUT2D eigenvalue weighted by atomic mass is 127. The van der Waals surface area contributed by atoms with E-state index < -0.39 is 15.6 Å². The second-order valence-corrected chi connectivity index (χ2v) is 10.3. The fraction of sp³-hybridized carbons (Fsp3) is 0.947. The highest BCUT2D eigenvalue weighted by Crippen LogP contribution is 2.17. The van der Waals surface area contributed by atoms with Crippen LogP contribution in [0.4, 0.5) is 0 Å². The first kappa shape index (κ1) is 27.9. The fourth-order valence-corrected chi connectivity index (χ4v) is 4.64. The Morgan fingerprint density at radius 2 is 1.68 bits per heavy atom. The minimum absolute atomic E-state index is 0. The number of likely N-dealkylation sites (tertiary alicyclic amines) is 1. The fourth-order valence-electron chi connectivity index (χ4n) is 3.57. The van der Waals surface area contributed by atoms with Crippen LogP contribution in [0.5, 0.6) is 0 Å². The molecule has 0 aromatic rings. The maximum atomic E-state index is 11.5. The average Bonchev–Trinajstić information content (AvgIpc) is 2.79. The van der Waals surface area contributed by atoms with E-state index in [2.05, 4.69) is 39.1 Å². The van der Waals surface area contributed by atoms with Gasteiger partial charge in [0.15, 0.2) is 5.96 Å². The van der Waals surface area contributed by atoms with Crippen LogP contribution >= 0.6 is 24.0 Å². The lowest BCUT2D eigenvalue weighted by molar-refractivity contribution is 0.161. The Morgan fingerprint density at radius 3 is 2.14 bits per heavy atom. The summed E-state index contributed by atoms with van der Waals surface area (Å²) in [5.41, 5.74) is -0.627. The Kier molecular flexibility index (Phi) is 13.2. The van der Waals surface area contributed by atoms with Crippen LogP contribution in [0.1, 0.15) is 60.3 Å². The van der Waals surface area contributed by atoms with Gasteiger partial charge in [-0.05, 0) is 52.6 Å². The predicted octanol–water partition coefficient (Wildman–Crippen LogP) is 2.39. The number of sulfonamides is 1. The molecule has 1 aliphatic heterocycles. The van der Waals surface area contributed by atoms with Crippen molar-refractivity contribution < 1.29 is 8.42 Å². The van der Waals surface area contributed by atoms with Gasteiger partial charge in [0.1, 0.15) is 0 Å². The zero-order valence-corrected chi connectivity index (χ0v) is 21.7. The molecule has 0 aliphatic carbocycles. The second kappa shape index (κ2) is 13.2. The van der Waals surface area contributed by atoms with Gasteiger partial charge in [0, 0.05) is 24.7 Å². The zero-order chi connectivity index (χ0) is 20.5. The lowest BCUT2D eigenvalue weighted by Crippen LogP contribution is -2.50. The van der Waals surface area contributed by atoms with Gasteiger partial charge < -0.3 is 10.6 Å². The molecule has 0 bridgehead atoms. The van der Waals surface area contributed by atoms with Crippen LogP contribution in [0.2, 0.25) is 0 Å². The van der Waals surface area contributed by atoms with Gasteiger partial charge in [-0.1, -0.05) is 26.7 Å². The van der Waals surface area contributed by atoms with Gasteiger partial charge in [0.2, 0.25) is 10.0 Å². The molecule has 0 amide bonds. The summed E-state index contributed by atoms with van der Waals surface area (Å²) in [4.78, 5) is 7.23. The Morgan fingerprint density at radius 1 is 1.11 bits per heavy atom. The van der Waals surface area contributed by atoms with Crippen molar-refractivity contribution in [2.24, 2.45) is 10.9 Å². The molecule has 1 fully saturated rings. The molecule has 7 nitrogen and oxygen atoms in total. The van der Waals surface area contributed by atoms with E-state index in [0.717, 1.165) is 19.0 Å². The van der Waals surface area contributed by atoms with Gasteiger partial charge in [0.25, 0.3) is 0 Å². The third-order valence-electron chi connectivity index (χ3n) is 4.80. The summed E-state index contributed by atoms with van der Waals surface area (Å²) in [6.45, 7) is 14.6. The molecule has 1 unspecified atom stereocenters. The summed E-state index contributed by atoms with van der Waals surface area (Å²) in [6, 6.07) is 0.467. The molecule has 1 atom stereocenters. The number of hydrogen-bond acceptors (Lipinski definition) is 4. The van der Waals surface area contributed by atoms with Gasteiger partial charge in [0.05, 0.1) is 12.8 Å². The van der Waals surface area contributed by atoms with Crippen LogP contribution in [0.3, 0.4) is 0 Å². The molecular formula is C19H42IN5O2S. The summed E-state index contributed by atoms with van der Waals surface area (Å²) in [5, 5.41) is 6.75. The minimum atomic E-state index is -3.26. The highest BCUT2D eigenvalue weighted by Gasteiger charge is 2.24. The number of nitrogens with zero attached hydrogens (tertiary/aromatic N) is 2. The van der Waals surface area contributed by atoms with Crippen LogP contribution < -0.4 is 15.4 Å². The van der Waals surface area contributed by atoms with E-state index in [4.69, 9.17) is 0 Å². The molecule has 168 valence electrons. The van der Waals surface area contributed by atoms with Gasteiger partial charge in [-0.3, -0.25) is 9.89 Å². The lowest BCUT2D eigenvalue weighted by Gasteiger charge is -2.34. The Hall–Kier alpha value is -0.130. The molecule has 1 saturated heterocycles. The maximum Gasteiger partial charge on any atom is 0.209 e. The van der Waals surface area contributed by atoms with E-state index in [9.17, 15) is 8.42 Å². The standard InChI is InChI=1S/C19H41N5O2S.HI/c1-7-20-18(22-15-19(4,5)23-27(6,25)26)21-14-17(16(2)3)24-12-10-8-9-11-13-24;/h16-17,23H,7-15H2,1-6H3,(H2,20,21,22);1H. The molecule has 0 radical (unpaired) electrons. The Balaban J connectivity index is 0.00000729. The van der Waals surface area contributed by atoms with Crippen molar-refractivity contribution in [1.82, 2.24) is 20.3 Å². The smallest absolute Gasteiger partial charge is 0.209 e. The van der Waals surface area contributed by atoms with E-state index in [0.29, 0.717) is 18.5 Å². The number of halogens is 1. The third-order valence-corrected chi connectivity index (χ3v) is 5.72. The van der Waals surface area contributed by atoms with Crippen LogP contribution in [0.15, 0.2) is 4.99 Å².